The fourth-order valence-electron chi connectivity index (χ4n) is 3.01. The summed E-state index contributed by atoms with van der Waals surface area (Å²) in [6.07, 6.45) is 0.252. The largest absolute Gasteiger partial charge is 0.379 e. The zero-order valence-electron chi connectivity index (χ0n) is 15.2. The third kappa shape index (κ3) is 6.16. The number of nitrogens with one attached hydrogen (secondary N) is 2. The fourth-order valence-corrected chi connectivity index (χ4v) is 3.65. The lowest BCUT2D eigenvalue weighted by molar-refractivity contribution is -0.121. The van der Waals surface area contributed by atoms with E-state index in [9.17, 15) is 9.59 Å². The van der Waals surface area contributed by atoms with E-state index in [-0.39, 0.29) is 24.3 Å². The van der Waals surface area contributed by atoms with Crippen LogP contribution >= 0.6 is 11.3 Å². The lowest BCUT2D eigenvalue weighted by atomic mass is 10.1. The molecule has 1 aliphatic heterocycles. The van der Waals surface area contributed by atoms with Gasteiger partial charge in [-0.05, 0) is 17.0 Å². The van der Waals surface area contributed by atoms with E-state index in [0.29, 0.717) is 12.1 Å². The molecule has 2 heterocycles. The van der Waals surface area contributed by atoms with Gasteiger partial charge < -0.3 is 15.4 Å². The van der Waals surface area contributed by atoms with Gasteiger partial charge in [0, 0.05) is 43.5 Å². The molecule has 1 saturated heterocycles. The number of hydrogen-bond donors (Lipinski definition) is 2. The molecule has 0 radical (unpaired) electrons. The Balaban J connectivity index is 1.51. The molecule has 1 unspecified atom stereocenters. The first kappa shape index (κ1) is 19.5. The molecule has 3 rings (SSSR count). The van der Waals surface area contributed by atoms with Gasteiger partial charge in [-0.3, -0.25) is 14.5 Å². The van der Waals surface area contributed by atoms with Gasteiger partial charge in [-0.1, -0.05) is 30.3 Å². The maximum atomic E-state index is 12.4. The van der Waals surface area contributed by atoms with Crippen molar-refractivity contribution in [1.29, 1.82) is 0 Å². The Bertz CT molecular complexity index is 715. The van der Waals surface area contributed by atoms with E-state index in [2.05, 4.69) is 15.5 Å². The van der Waals surface area contributed by atoms with E-state index in [0.717, 1.165) is 38.4 Å². The Labute approximate surface area is 163 Å². The minimum atomic E-state index is -0.142. The third-order valence-electron chi connectivity index (χ3n) is 4.50. The lowest BCUT2D eigenvalue weighted by Gasteiger charge is -2.31. The number of carbonyl (C=O) groups excluding carboxylic acids is 2. The van der Waals surface area contributed by atoms with Crippen molar-refractivity contribution in [3.8, 4) is 0 Å². The van der Waals surface area contributed by atoms with Crippen LogP contribution in [0.4, 0.5) is 0 Å². The van der Waals surface area contributed by atoms with Gasteiger partial charge in [-0.25, -0.2) is 0 Å². The number of ether oxygens (including phenoxy) is 1. The van der Waals surface area contributed by atoms with Crippen LogP contribution < -0.4 is 10.6 Å². The highest BCUT2D eigenvalue weighted by molar-refractivity contribution is 7.08. The van der Waals surface area contributed by atoms with Crippen molar-refractivity contribution in [2.24, 2.45) is 0 Å². The monoisotopic (exact) mass is 387 g/mol. The highest BCUT2D eigenvalue weighted by atomic mass is 32.1. The van der Waals surface area contributed by atoms with Crippen molar-refractivity contribution in [2.75, 3.05) is 39.4 Å². The van der Waals surface area contributed by atoms with Crippen LogP contribution in [-0.2, 0) is 9.53 Å². The molecular formula is C20H25N3O3S. The van der Waals surface area contributed by atoms with Crippen LogP contribution in [0.15, 0.2) is 47.2 Å². The van der Waals surface area contributed by atoms with Crippen molar-refractivity contribution in [3.63, 3.8) is 0 Å². The number of rotatable bonds is 8. The Morgan fingerprint density at radius 2 is 1.93 bits per heavy atom. The standard InChI is InChI=1S/C20H25N3O3S/c24-19(6-8-21-20(25)17-7-13-27-15-17)22-18(16-4-2-1-3-5-16)14-23-9-11-26-12-10-23/h1-5,7,13,15,18H,6,8-12,14H2,(H,21,25)(H,22,24). The van der Waals surface area contributed by atoms with Gasteiger partial charge in [0.05, 0.1) is 19.3 Å². The van der Waals surface area contributed by atoms with Gasteiger partial charge in [-0.2, -0.15) is 11.3 Å². The molecule has 1 aromatic heterocycles. The van der Waals surface area contributed by atoms with Crippen LogP contribution in [0.2, 0.25) is 0 Å². The quantitative estimate of drug-likeness (QED) is 0.727. The first-order valence-corrected chi connectivity index (χ1v) is 10.1. The van der Waals surface area contributed by atoms with Crippen LogP contribution in [0.3, 0.4) is 0 Å². The first-order valence-electron chi connectivity index (χ1n) is 9.17. The van der Waals surface area contributed by atoms with Gasteiger partial charge >= 0.3 is 0 Å². The van der Waals surface area contributed by atoms with Crippen molar-refractivity contribution >= 4 is 23.2 Å². The topological polar surface area (TPSA) is 70.7 Å². The van der Waals surface area contributed by atoms with E-state index in [4.69, 9.17) is 4.74 Å². The molecule has 7 heteroatoms. The van der Waals surface area contributed by atoms with Gasteiger partial charge in [0.2, 0.25) is 5.91 Å². The molecule has 2 N–H and O–H groups in total. The van der Waals surface area contributed by atoms with Gasteiger partial charge in [0.15, 0.2) is 0 Å². The normalized spacial score (nSPS) is 15.9. The lowest BCUT2D eigenvalue weighted by Crippen LogP contribution is -2.43. The number of morpholine rings is 1. The maximum absolute atomic E-state index is 12.4. The molecular weight excluding hydrogens is 362 g/mol. The molecule has 0 spiro atoms. The highest BCUT2D eigenvalue weighted by Crippen LogP contribution is 2.15. The van der Waals surface area contributed by atoms with E-state index < -0.39 is 0 Å². The summed E-state index contributed by atoms with van der Waals surface area (Å²) in [4.78, 5) is 26.7. The number of hydrogen-bond acceptors (Lipinski definition) is 5. The van der Waals surface area contributed by atoms with E-state index in [1.807, 2.05) is 35.7 Å². The minimum Gasteiger partial charge on any atom is -0.379 e. The van der Waals surface area contributed by atoms with E-state index >= 15 is 0 Å². The Hall–Kier alpha value is -2.22. The molecule has 0 aliphatic carbocycles. The number of nitrogens with zero attached hydrogens (tertiary/aromatic N) is 1. The predicted octanol–water partition coefficient (Wildman–Crippen LogP) is 2.06. The average Bonchev–Trinajstić information content (AvgIpc) is 3.24. The summed E-state index contributed by atoms with van der Waals surface area (Å²) in [7, 11) is 0. The Morgan fingerprint density at radius 1 is 1.15 bits per heavy atom. The highest BCUT2D eigenvalue weighted by Gasteiger charge is 2.20. The number of benzene rings is 1. The number of thiophene rings is 1. The molecule has 0 bridgehead atoms. The molecule has 0 saturated carbocycles. The van der Waals surface area contributed by atoms with Gasteiger partial charge in [0.1, 0.15) is 0 Å². The fraction of sp³-hybridized carbons (Fsp3) is 0.400. The Kier molecular flexibility index (Phi) is 7.38. The van der Waals surface area contributed by atoms with E-state index in [1.54, 1.807) is 11.4 Å². The van der Waals surface area contributed by atoms with Crippen molar-refractivity contribution in [1.82, 2.24) is 15.5 Å². The molecule has 1 aliphatic rings. The molecule has 2 amide bonds. The second-order valence-corrected chi connectivity index (χ2v) is 7.24. The van der Waals surface area contributed by atoms with Gasteiger partial charge in [0.25, 0.3) is 5.91 Å². The predicted molar refractivity (Wildman–Crippen MR) is 106 cm³/mol. The summed E-state index contributed by atoms with van der Waals surface area (Å²) in [5.41, 5.74) is 1.72. The molecule has 6 nitrogen and oxygen atoms in total. The molecule has 1 fully saturated rings. The van der Waals surface area contributed by atoms with Crippen molar-refractivity contribution in [3.05, 3.63) is 58.3 Å². The smallest absolute Gasteiger partial charge is 0.252 e. The van der Waals surface area contributed by atoms with Gasteiger partial charge in [-0.15, -0.1) is 0 Å². The third-order valence-corrected chi connectivity index (χ3v) is 5.19. The summed E-state index contributed by atoms with van der Waals surface area (Å²) < 4.78 is 5.41. The molecule has 144 valence electrons. The summed E-state index contributed by atoms with van der Waals surface area (Å²) in [5, 5.41) is 9.56. The number of amides is 2. The summed E-state index contributed by atoms with van der Waals surface area (Å²) in [5.74, 6) is -0.209. The Morgan fingerprint density at radius 3 is 2.63 bits per heavy atom. The van der Waals surface area contributed by atoms with Crippen LogP contribution in [0, 0.1) is 0 Å². The second kappa shape index (κ2) is 10.2. The first-order chi connectivity index (χ1) is 13.2. The molecule has 1 aromatic carbocycles. The average molecular weight is 388 g/mol. The number of carbonyl (C=O) groups is 2. The second-order valence-electron chi connectivity index (χ2n) is 6.46. The minimum absolute atomic E-state index is 0.0669. The van der Waals surface area contributed by atoms with E-state index in [1.165, 1.54) is 11.3 Å². The summed E-state index contributed by atoms with van der Waals surface area (Å²) in [6.45, 7) is 4.26. The molecule has 2 aromatic rings. The summed E-state index contributed by atoms with van der Waals surface area (Å²) in [6, 6.07) is 11.7. The van der Waals surface area contributed by atoms with Crippen LogP contribution in [0.1, 0.15) is 28.4 Å². The zero-order chi connectivity index (χ0) is 18.9. The van der Waals surface area contributed by atoms with Crippen molar-refractivity contribution in [2.45, 2.75) is 12.5 Å². The maximum Gasteiger partial charge on any atom is 0.252 e. The zero-order valence-corrected chi connectivity index (χ0v) is 16.0. The van der Waals surface area contributed by atoms with Crippen LogP contribution in [0.5, 0.6) is 0 Å². The SMILES string of the molecule is O=C(CCNC(=O)c1ccsc1)NC(CN1CCOCC1)c1ccccc1. The molecule has 1 atom stereocenters. The van der Waals surface area contributed by atoms with Crippen LogP contribution in [0.25, 0.3) is 0 Å². The van der Waals surface area contributed by atoms with Crippen LogP contribution in [-0.4, -0.2) is 56.1 Å². The summed E-state index contributed by atoms with van der Waals surface area (Å²) >= 11 is 1.48. The van der Waals surface area contributed by atoms with Crippen molar-refractivity contribution < 1.29 is 14.3 Å². The molecule has 27 heavy (non-hydrogen) atoms.